The Morgan fingerprint density at radius 3 is 2.02 bits per heavy atom. The van der Waals surface area contributed by atoms with Gasteiger partial charge in [0.15, 0.2) is 5.43 Å². The van der Waals surface area contributed by atoms with Crippen LogP contribution in [0.2, 0.25) is 0 Å². The van der Waals surface area contributed by atoms with Crippen LogP contribution in [0, 0.1) is 34.3 Å². The van der Waals surface area contributed by atoms with Gasteiger partial charge in [-0.2, -0.15) is 10.5 Å². The summed E-state index contributed by atoms with van der Waals surface area (Å²) >= 11 is 0. The first-order valence-corrected chi connectivity index (χ1v) is 17.0. The van der Waals surface area contributed by atoms with Crippen molar-refractivity contribution in [3.63, 3.8) is 0 Å². The number of esters is 1. The second kappa shape index (κ2) is 14.4. The van der Waals surface area contributed by atoms with Crippen molar-refractivity contribution >= 4 is 61.2 Å². The molecule has 9 nitrogen and oxygen atoms in total. The van der Waals surface area contributed by atoms with Gasteiger partial charge in [-0.15, -0.1) is 0 Å². The van der Waals surface area contributed by atoms with E-state index in [1.54, 1.807) is 48.5 Å². The van der Waals surface area contributed by atoms with Crippen LogP contribution in [0.15, 0.2) is 71.5 Å². The number of hydrogen-bond donors (Lipinski definition) is 2. The van der Waals surface area contributed by atoms with Crippen LogP contribution in [0.25, 0.3) is 43.7 Å². The Balaban J connectivity index is 0.000000179. The zero-order valence-corrected chi connectivity index (χ0v) is 29.4. The number of aromatic nitrogens is 3. The number of halogens is 2. The van der Waals surface area contributed by atoms with Gasteiger partial charge < -0.3 is 24.2 Å². The number of fused-ring (bicyclic) bond motifs is 5. The molecule has 52 heavy (non-hydrogen) atoms. The van der Waals surface area contributed by atoms with Crippen LogP contribution in [-0.2, 0) is 24.1 Å². The number of anilines is 2. The summed E-state index contributed by atoms with van der Waals surface area (Å²) in [7, 11) is 1.32. The maximum atomic E-state index is 14.3. The number of benzene rings is 4. The molecule has 0 spiro atoms. The number of rotatable bonds is 7. The molecule has 0 aliphatic carbocycles. The van der Waals surface area contributed by atoms with Crippen LogP contribution in [-0.4, -0.2) is 34.2 Å². The van der Waals surface area contributed by atoms with Crippen molar-refractivity contribution in [3.05, 3.63) is 116 Å². The van der Waals surface area contributed by atoms with Gasteiger partial charge >= 0.3 is 5.97 Å². The molecule has 4 aromatic carbocycles. The summed E-state index contributed by atoms with van der Waals surface area (Å²) in [5.74, 6) is -0.557. The van der Waals surface area contributed by atoms with E-state index in [0.29, 0.717) is 98.1 Å². The topological polar surface area (TPSA) is 131 Å². The lowest BCUT2D eigenvalue weighted by Crippen LogP contribution is -2.19. The maximum absolute atomic E-state index is 14.3. The summed E-state index contributed by atoms with van der Waals surface area (Å²) in [5.41, 5.74) is 5.69. The Morgan fingerprint density at radius 1 is 0.808 bits per heavy atom. The van der Waals surface area contributed by atoms with E-state index in [-0.39, 0.29) is 17.1 Å². The number of aryl methyl sites for hydroxylation is 3. The number of nitrogens with zero attached hydrogens (tertiary/aromatic N) is 4. The van der Waals surface area contributed by atoms with E-state index in [9.17, 15) is 18.4 Å². The Kier molecular flexibility index (Phi) is 9.80. The number of methoxy groups -OCH3 is 1. The Hall–Kier alpha value is -6.46. The summed E-state index contributed by atoms with van der Waals surface area (Å²) in [6.07, 6.45) is 1.14. The van der Waals surface area contributed by atoms with E-state index >= 15 is 0 Å². The molecule has 0 unspecified atom stereocenters. The van der Waals surface area contributed by atoms with E-state index in [1.165, 1.54) is 19.2 Å². The van der Waals surface area contributed by atoms with Gasteiger partial charge in [-0.25, -0.2) is 13.6 Å². The zero-order valence-electron chi connectivity index (χ0n) is 29.4. The number of hydrogen-bond acceptors (Lipinski definition) is 6. The van der Waals surface area contributed by atoms with Crippen LogP contribution in [0.1, 0.15) is 60.3 Å². The summed E-state index contributed by atoms with van der Waals surface area (Å²) in [5, 5.41) is 20.8. The molecule has 7 rings (SSSR count). The van der Waals surface area contributed by atoms with Crippen molar-refractivity contribution in [2.75, 3.05) is 18.6 Å². The van der Waals surface area contributed by atoms with Crippen molar-refractivity contribution < 1.29 is 18.3 Å². The maximum Gasteiger partial charge on any atom is 0.342 e. The third-order valence-electron chi connectivity index (χ3n) is 9.41. The standard InChI is InChI=1S/C21H20FN3O2.C20H16FN3O/c1-4-14-7-8-15(11-17(14)22)25(5-2)20-19(21(26)27-3)16-9-6-13(12-23)10-18(16)24-20;1-3-12-8-14-17(9-15(12)21)24(4-2)20-18(19(14)25)13-6-5-11(10-22)7-16(13)23-20/h6-11,24H,4-5H2,1-3H3;5-9,23H,3-4H2,1-2H3. The number of aromatic amines is 2. The Labute approximate surface area is 298 Å². The highest BCUT2D eigenvalue weighted by molar-refractivity contribution is 6.11. The Morgan fingerprint density at radius 2 is 1.44 bits per heavy atom. The fourth-order valence-corrected chi connectivity index (χ4v) is 6.78. The van der Waals surface area contributed by atoms with E-state index in [4.69, 9.17) is 15.3 Å². The molecule has 0 saturated heterocycles. The first-order valence-electron chi connectivity index (χ1n) is 17.0. The normalized spacial score (nSPS) is 11.0. The minimum Gasteiger partial charge on any atom is -0.465 e. The van der Waals surface area contributed by atoms with E-state index < -0.39 is 5.97 Å². The number of ether oxygens (including phenoxy) is 1. The number of carbonyl (C=O) groups is 1. The fraction of sp³-hybridized carbons (Fsp3) is 0.220. The van der Waals surface area contributed by atoms with Crippen molar-refractivity contribution in [3.8, 4) is 12.1 Å². The molecule has 0 amide bonds. The summed E-state index contributed by atoms with van der Waals surface area (Å²) in [6.45, 7) is 8.74. The average Bonchev–Trinajstić information content (AvgIpc) is 3.73. The second-order valence-corrected chi connectivity index (χ2v) is 12.2. The molecule has 0 atom stereocenters. The third kappa shape index (κ3) is 6.01. The highest BCUT2D eigenvalue weighted by Crippen LogP contribution is 2.35. The van der Waals surface area contributed by atoms with Crippen molar-refractivity contribution in [1.82, 2.24) is 14.5 Å². The number of carbonyl (C=O) groups excluding carboxylic acids is 1. The lowest BCUT2D eigenvalue weighted by atomic mass is 10.0. The van der Waals surface area contributed by atoms with Crippen LogP contribution in [0.5, 0.6) is 0 Å². The molecule has 3 heterocycles. The summed E-state index contributed by atoms with van der Waals surface area (Å²) in [6, 6.07) is 22.6. The van der Waals surface area contributed by atoms with Crippen LogP contribution in [0.3, 0.4) is 0 Å². The van der Waals surface area contributed by atoms with Gasteiger partial charge in [0.05, 0.1) is 41.3 Å². The molecule has 11 heteroatoms. The number of pyridine rings is 1. The fourth-order valence-electron chi connectivity index (χ4n) is 6.78. The molecule has 0 saturated carbocycles. The van der Waals surface area contributed by atoms with Gasteiger partial charge in [-0.3, -0.25) is 4.79 Å². The van der Waals surface area contributed by atoms with Crippen molar-refractivity contribution in [2.45, 2.75) is 47.1 Å². The minimum absolute atomic E-state index is 0.111. The third-order valence-corrected chi connectivity index (χ3v) is 9.41. The second-order valence-electron chi connectivity index (χ2n) is 12.2. The van der Waals surface area contributed by atoms with Gasteiger partial charge in [0.25, 0.3) is 0 Å². The Bertz CT molecular complexity index is 2670. The molecule has 0 aliphatic heterocycles. The molecule has 0 fully saturated rings. The summed E-state index contributed by atoms with van der Waals surface area (Å²) < 4.78 is 35.5. The first kappa shape index (κ1) is 35.4. The molecular formula is C41H36F2N6O3. The SMILES string of the molecule is CCc1cc2c(=O)c3c4ccc(C#N)cc4[nH]c3n(CC)c2cc1F.CCc1ccc(N(CC)c2[nH]c3cc(C#N)ccc3c2C(=O)OC)cc1F. The monoisotopic (exact) mass is 698 g/mol. The average molecular weight is 699 g/mol. The van der Waals surface area contributed by atoms with Crippen molar-refractivity contribution in [1.29, 1.82) is 10.5 Å². The number of nitriles is 2. The van der Waals surface area contributed by atoms with Gasteiger partial charge in [-0.1, -0.05) is 32.0 Å². The van der Waals surface area contributed by atoms with Crippen LogP contribution >= 0.6 is 0 Å². The largest absolute Gasteiger partial charge is 0.465 e. The predicted octanol–water partition coefficient (Wildman–Crippen LogP) is 8.91. The molecular weight excluding hydrogens is 662 g/mol. The molecule has 262 valence electrons. The smallest absolute Gasteiger partial charge is 0.342 e. The van der Waals surface area contributed by atoms with E-state index in [0.717, 1.165) is 10.9 Å². The quantitative estimate of drug-likeness (QED) is 0.160. The highest BCUT2D eigenvalue weighted by Gasteiger charge is 2.24. The molecule has 0 aliphatic rings. The highest BCUT2D eigenvalue weighted by atomic mass is 19.1. The van der Waals surface area contributed by atoms with Gasteiger partial charge in [0, 0.05) is 46.0 Å². The van der Waals surface area contributed by atoms with Gasteiger partial charge in [0.2, 0.25) is 0 Å². The van der Waals surface area contributed by atoms with Crippen LogP contribution < -0.4 is 10.3 Å². The molecule has 3 aromatic heterocycles. The molecule has 7 aromatic rings. The predicted molar refractivity (Wildman–Crippen MR) is 200 cm³/mol. The molecule has 2 N–H and O–H groups in total. The zero-order chi connectivity index (χ0) is 37.3. The lowest BCUT2D eigenvalue weighted by Gasteiger charge is -2.23. The van der Waals surface area contributed by atoms with Gasteiger partial charge in [-0.05, 0) is 86.3 Å². The molecule has 0 bridgehead atoms. The van der Waals surface area contributed by atoms with Crippen LogP contribution in [0.4, 0.5) is 20.3 Å². The van der Waals surface area contributed by atoms with Gasteiger partial charge in [0.1, 0.15) is 28.7 Å². The van der Waals surface area contributed by atoms with Crippen molar-refractivity contribution in [2.24, 2.45) is 0 Å². The lowest BCUT2D eigenvalue weighted by molar-refractivity contribution is 0.0604. The van der Waals surface area contributed by atoms with E-state index in [2.05, 4.69) is 22.1 Å². The summed E-state index contributed by atoms with van der Waals surface area (Å²) in [4.78, 5) is 33.9. The number of H-pyrrole nitrogens is 2. The molecule has 0 radical (unpaired) electrons. The minimum atomic E-state index is -0.495. The first-order chi connectivity index (χ1) is 25.1. The number of nitrogens with one attached hydrogen (secondary N) is 2. The van der Waals surface area contributed by atoms with E-state index in [1.807, 2.05) is 43.2 Å².